The van der Waals surface area contributed by atoms with Crippen molar-refractivity contribution >= 4 is 0 Å². The molecule has 2 N–H and O–H groups in total. The zero-order valence-corrected chi connectivity index (χ0v) is 16.3. The zero-order valence-electron chi connectivity index (χ0n) is 16.3. The van der Waals surface area contributed by atoms with Gasteiger partial charge < -0.3 is 10.5 Å². The quantitative estimate of drug-likeness (QED) is 0.443. The molecule has 27 heavy (non-hydrogen) atoms. The summed E-state index contributed by atoms with van der Waals surface area (Å²) in [6.07, 6.45) is 8.77. The van der Waals surface area contributed by atoms with Crippen molar-refractivity contribution in [1.29, 1.82) is 0 Å². The Labute approximate surface area is 163 Å². The van der Waals surface area contributed by atoms with Crippen LogP contribution in [0.1, 0.15) is 55.7 Å². The van der Waals surface area contributed by atoms with E-state index in [1.807, 2.05) is 6.07 Å². The van der Waals surface area contributed by atoms with E-state index in [1.54, 1.807) is 0 Å². The molecule has 1 aliphatic carbocycles. The van der Waals surface area contributed by atoms with Gasteiger partial charge in [-0.3, -0.25) is 0 Å². The van der Waals surface area contributed by atoms with Crippen molar-refractivity contribution in [2.24, 2.45) is 5.73 Å². The third-order valence-corrected chi connectivity index (χ3v) is 5.36. The molecule has 2 nitrogen and oxygen atoms in total. The Hall–Kier alpha value is -2.16. The first-order chi connectivity index (χ1) is 13.2. The standard InChI is InChI=1S/C25H31NO/c1-20-14-16-21(17-15-20)19-27-18-8-13-24(22-9-4-2-5-10-22)25(26)23-11-6-3-7-12-23/h2-7,9-12,14,17,24-25H,8,13,15-16,18-19,26H2,1H3/t24-,25-/m1/s1. The van der Waals surface area contributed by atoms with Crippen LogP contribution in [0.5, 0.6) is 0 Å². The molecule has 1 aliphatic rings. The van der Waals surface area contributed by atoms with Gasteiger partial charge in [0.1, 0.15) is 0 Å². The average molecular weight is 362 g/mol. The molecule has 0 unspecified atom stereocenters. The fourth-order valence-corrected chi connectivity index (χ4v) is 3.67. The van der Waals surface area contributed by atoms with Crippen LogP contribution < -0.4 is 5.73 Å². The number of allylic oxidation sites excluding steroid dienone is 3. The summed E-state index contributed by atoms with van der Waals surface area (Å²) in [6.45, 7) is 3.73. The Bertz CT molecular complexity index is 748. The fraction of sp³-hybridized carbons (Fsp3) is 0.360. The fourth-order valence-electron chi connectivity index (χ4n) is 3.67. The minimum Gasteiger partial charge on any atom is -0.377 e. The van der Waals surface area contributed by atoms with E-state index in [1.165, 1.54) is 22.3 Å². The van der Waals surface area contributed by atoms with Gasteiger partial charge in [0.2, 0.25) is 0 Å². The second-order valence-electron chi connectivity index (χ2n) is 7.47. The van der Waals surface area contributed by atoms with E-state index in [2.05, 4.69) is 73.7 Å². The lowest BCUT2D eigenvalue weighted by molar-refractivity contribution is 0.147. The minimum absolute atomic E-state index is 0.00256. The van der Waals surface area contributed by atoms with Crippen LogP contribution in [-0.4, -0.2) is 13.2 Å². The van der Waals surface area contributed by atoms with Gasteiger partial charge >= 0.3 is 0 Å². The molecule has 0 aliphatic heterocycles. The Balaban J connectivity index is 1.53. The van der Waals surface area contributed by atoms with Gasteiger partial charge in [-0.05, 0) is 49.3 Å². The molecule has 0 amide bonds. The highest BCUT2D eigenvalue weighted by Crippen LogP contribution is 2.33. The molecule has 2 heteroatoms. The van der Waals surface area contributed by atoms with Crippen LogP contribution in [0.2, 0.25) is 0 Å². The van der Waals surface area contributed by atoms with E-state index in [0.29, 0.717) is 5.92 Å². The van der Waals surface area contributed by atoms with Gasteiger partial charge in [-0.15, -0.1) is 0 Å². The summed E-state index contributed by atoms with van der Waals surface area (Å²) < 4.78 is 5.94. The first kappa shape index (κ1) is 19.6. The van der Waals surface area contributed by atoms with Crippen molar-refractivity contribution in [3.05, 3.63) is 95.1 Å². The maximum atomic E-state index is 6.66. The second-order valence-corrected chi connectivity index (χ2v) is 7.47. The number of hydrogen-bond acceptors (Lipinski definition) is 2. The van der Waals surface area contributed by atoms with Gasteiger partial charge in [-0.25, -0.2) is 0 Å². The van der Waals surface area contributed by atoms with Crippen LogP contribution in [-0.2, 0) is 4.74 Å². The maximum absolute atomic E-state index is 6.66. The third-order valence-electron chi connectivity index (χ3n) is 5.36. The van der Waals surface area contributed by atoms with Crippen LogP contribution in [0.25, 0.3) is 0 Å². The molecule has 0 saturated heterocycles. The summed E-state index contributed by atoms with van der Waals surface area (Å²) >= 11 is 0. The first-order valence-corrected chi connectivity index (χ1v) is 10.0. The Kier molecular flexibility index (Phi) is 7.44. The van der Waals surface area contributed by atoms with Crippen molar-refractivity contribution in [3.63, 3.8) is 0 Å². The summed E-state index contributed by atoms with van der Waals surface area (Å²) in [7, 11) is 0. The molecule has 0 fully saturated rings. The molecule has 0 bridgehead atoms. The smallest absolute Gasteiger partial charge is 0.0679 e. The number of ether oxygens (including phenoxy) is 1. The maximum Gasteiger partial charge on any atom is 0.0679 e. The topological polar surface area (TPSA) is 35.2 Å². The van der Waals surface area contributed by atoms with Gasteiger partial charge in [0.05, 0.1) is 6.61 Å². The highest BCUT2D eigenvalue weighted by atomic mass is 16.5. The molecule has 0 aromatic heterocycles. The molecule has 0 spiro atoms. The first-order valence-electron chi connectivity index (χ1n) is 10.0. The van der Waals surface area contributed by atoms with E-state index < -0.39 is 0 Å². The van der Waals surface area contributed by atoms with Gasteiger partial charge in [0.15, 0.2) is 0 Å². The van der Waals surface area contributed by atoms with Crippen molar-refractivity contribution in [2.45, 2.75) is 44.6 Å². The lowest BCUT2D eigenvalue weighted by Crippen LogP contribution is -2.20. The van der Waals surface area contributed by atoms with Crippen LogP contribution >= 0.6 is 0 Å². The molecular weight excluding hydrogens is 330 g/mol. The third kappa shape index (κ3) is 5.92. The summed E-state index contributed by atoms with van der Waals surface area (Å²) in [5.74, 6) is 0.302. The van der Waals surface area contributed by atoms with Gasteiger partial charge in [0, 0.05) is 18.6 Å². The molecule has 142 valence electrons. The SMILES string of the molecule is CC1=CCC(COCCC[C@H](c2ccccc2)[C@H](N)c2ccccc2)=CC1. The molecule has 2 atom stereocenters. The van der Waals surface area contributed by atoms with Crippen molar-refractivity contribution in [2.75, 3.05) is 13.2 Å². The van der Waals surface area contributed by atoms with E-state index in [-0.39, 0.29) is 6.04 Å². The number of rotatable bonds is 9. The Morgan fingerprint density at radius 1 is 0.889 bits per heavy atom. The van der Waals surface area contributed by atoms with Crippen molar-refractivity contribution in [3.8, 4) is 0 Å². The van der Waals surface area contributed by atoms with Crippen LogP contribution in [0, 0.1) is 0 Å². The monoisotopic (exact) mass is 361 g/mol. The predicted octanol–water partition coefficient (Wildman–Crippen LogP) is 5.93. The highest BCUT2D eigenvalue weighted by molar-refractivity contribution is 5.27. The largest absolute Gasteiger partial charge is 0.377 e. The molecule has 2 aromatic rings. The number of hydrogen-bond donors (Lipinski definition) is 1. The van der Waals surface area contributed by atoms with E-state index in [0.717, 1.165) is 38.9 Å². The number of nitrogens with two attached hydrogens (primary N) is 1. The average Bonchev–Trinajstić information content (AvgIpc) is 2.73. The van der Waals surface area contributed by atoms with Crippen LogP contribution in [0.4, 0.5) is 0 Å². The Morgan fingerprint density at radius 3 is 2.19 bits per heavy atom. The van der Waals surface area contributed by atoms with Crippen molar-refractivity contribution in [1.82, 2.24) is 0 Å². The van der Waals surface area contributed by atoms with Crippen LogP contribution in [0.3, 0.4) is 0 Å². The Morgan fingerprint density at radius 2 is 1.56 bits per heavy atom. The molecule has 0 radical (unpaired) electrons. The molecule has 2 aromatic carbocycles. The highest BCUT2D eigenvalue weighted by Gasteiger charge is 2.21. The molecule has 3 rings (SSSR count). The predicted molar refractivity (Wildman–Crippen MR) is 114 cm³/mol. The molecule has 0 saturated carbocycles. The lowest BCUT2D eigenvalue weighted by atomic mass is 9.84. The summed E-state index contributed by atoms with van der Waals surface area (Å²) in [4.78, 5) is 0. The number of benzene rings is 2. The minimum atomic E-state index is 0.00256. The molecule has 0 heterocycles. The van der Waals surface area contributed by atoms with Crippen molar-refractivity contribution < 1.29 is 4.74 Å². The normalized spacial score (nSPS) is 16.4. The van der Waals surface area contributed by atoms with Gasteiger partial charge in [-0.2, -0.15) is 0 Å². The zero-order chi connectivity index (χ0) is 18.9. The summed E-state index contributed by atoms with van der Waals surface area (Å²) in [6, 6.07) is 21.1. The summed E-state index contributed by atoms with van der Waals surface area (Å²) in [5, 5.41) is 0. The lowest BCUT2D eigenvalue weighted by Gasteiger charge is -2.25. The second kappa shape index (κ2) is 10.2. The summed E-state index contributed by atoms with van der Waals surface area (Å²) in [5.41, 5.74) is 12.0. The van der Waals surface area contributed by atoms with E-state index in [9.17, 15) is 0 Å². The van der Waals surface area contributed by atoms with E-state index >= 15 is 0 Å². The van der Waals surface area contributed by atoms with Gasteiger partial charge in [-0.1, -0.05) is 78.4 Å². The van der Waals surface area contributed by atoms with Gasteiger partial charge in [0.25, 0.3) is 0 Å². The van der Waals surface area contributed by atoms with Crippen LogP contribution in [0.15, 0.2) is 84.0 Å². The van der Waals surface area contributed by atoms with E-state index in [4.69, 9.17) is 10.5 Å². The molecular formula is C25H31NO.